The molecule has 216 valence electrons. The Labute approximate surface area is 284 Å². The minimum atomic E-state index is -1.20. The molecular weight excluding hydrogens is 631 g/mol. The van der Waals surface area contributed by atoms with Crippen molar-refractivity contribution in [3.63, 3.8) is 0 Å². The zero-order valence-corrected chi connectivity index (χ0v) is 27.0. The first-order chi connectivity index (χ1) is 20.2. The number of halogens is 4. The maximum absolute atomic E-state index is 13.8. The minimum Gasteiger partial charge on any atom is -0.549 e. The van der Waals surface area contributed by atoms with Crippen LogP contribution < -0.4 is 54.2 Å². The monoisotopic (exact) mass is 651 g/mol. The van der Waals surface area contributed by atoms with E-state index in [1.54, 1.807) is 48.5 Å². The van der Waals surface area contributed by atoms with Crippen LogP contribution in [0.25, 0.3) is 0 Å². The molecule has 4 aromatic rings. The summed E-state index contributed by atoms with van der Waals surface area (Å²) in [4.78, 5) is 24.6. The summed E-state index contributed by atoms with van der Waals surface area (Å²) in [6.45, 7) is 0.227. The van der Waals surface area contributed by atoms with Gasteiger partial charge in [0.25, 0.3) is 5.91 Å². The molecule has 0 radical (unpaired) electrons. The SMILES string of the molecule is O=C(NC(Cc1cccc(F)c1)Oc1ccc(Cl)cc1Cl)c1ccc(Oc2cc3c(cc2Cl)C(C(=O)[O-])CCO3)cc1.[Na+]. The number of rotatable bonds is 9. The zero-order valence-electron chi connectivity index (χ0n) is 22.7. The Hall–Kier alpha value is -2.98. The number of amides is 1. The number of carboxylic acid groups (broad SMARTS) is 1. The Morgan fingerprint density at radius 2 is 1.72 bits per heavy atom. The van der Waals surface area contributed by atoms with Crippen LogP contribution in [0.5, 0.6) is 23.0 Å². The minimum absolute atomic E-state index is 0. The van der Waals surface area contributed by atoms with E-state index in [-0.39, 0.29) is 64.8 Å². The third-order valence-electron chi connectivity index (χ3n) is 6.50. The quantitative estimate of drug-likeness (QED) is 0.220. The Bertz CT molecular complexity index is 1640. The molecule has 0 saturated heterocycles. The molecule has 1 N–H and O–H groups in total. The molecular formula is C31H22Cl3FNNaO6. The van der Waals surface area contributed by atoms with Crippen LogP contribution in [0.4, 0.5) is 4.39 Å². The fourth-order valence-corrected chi connectivity index (χ4v) is 5.13. The normalized spacial score (nSPS) is 14.4. The summed E-state index contributed by atoms with van der Waals surface area (Å²) in [7, 11) is 0. The number of carbonyl (C=O) groups is 2. The number of fused-ring (bicyclic) bond motifs is 1. The predicted octanol–water partition coefficient (Wildman–Crippen LogP) is 3.58. The summed E-state index contributed by atoms with van der Waals surface area (Å²) >= 11 is 18.6. The molecule has 4 aromatic carbocycles. The number of aliphatic carboxylic acids is 1. The van der Waals surface area contributed by atoms with Gasteiger partial charge in [-0.1, -0.05) is 46.9 Å². The van der Waals surface area contributed by atoms with Gasteiger partial charge < -0.3 is 29.4 Å². The Balaban J connectivity index is 0.00000423. The van der Waals surface area contributed by atoms with Crippen LogP contribution in [0, 0.1) is 5.82 Å². The van der Waals surface area contributed by atoms with Gasteiger partial charge >= 0.3 is 29.6 Å². The van der Waals surface area contributed by atoms with Gasteiger partial charge in [-0.25, -0.2) is 4.39 Å². The number of nitrogens with one attached hydrogen (secondary N) is 1. The van der Waals surface area contributed by atoms with Crippen molar-refractivity contribution in [2.75, 3.05) is 6.61 Å². The van der Waals surface area contributed by atoms with Gasteiger partial charge in [-0.05, 0) is 72.6 Å². The summed E-state index contributed by atoms with van der Waals surface area (Å²) < 4.78 is 31.3. The van der Waals surface area contributed by atoms with Gasteiger partial charge in [-0.3, -0.25) is 4.79 Å². The molecule has 2 unspecified atom stereocenters. The molecule has 1 aliphatic heterocycles. The molecule has 1 aliphatic rings. The van der Waals surface area contributed by atoms with Crippen molar-refractivity contribution in [1.82, 2.24) is 5.32 Å². The maximum Gasteiger partial charge on any atom is 1.00 e. The predicted molar refractivity (Wildman–Crippen MR) is 154 cm³/mol. The van der Waals surface area contributed by atoms with E-state index in [2.05, 4.69) is 5.32 Å². The van der Waals surface area contributed by atoms with Crippen molar-refractivity contribution >= 4 is 46.7 Å². The van der Waals surface area contributed by atoms with Crippen LogP contribution in [0.1, 0.15) is 33.8 Å². The average Bonchev–Trinajstić information content (AvgIpc) is 2.95. The van der Waals surface area contributed by atoms with Crippen molar-refractivity contribution in [3.8, 4) is 23.0 Å². The molecule has 0 aliphatic carbocycles. The number of ether oxygens (including phenoxy) is 3. The molecule has 0 fully saturated rings. The summed E-state index contributed by atoms with van der Waals surface area (Å²) in [6.07, 6.45) is -0.453. The Kier molecular flexibility index (Phi) is 11.2. The van der Waals surface area contributed by atoms with Gasteiger partial charge in [-0.15, -0.1) is 0 Å². The average molecular weight is 653 g/mol. The Morgan fingerprint density at radius 1 is 0.977 bits per heavy atom. The van der Waals surface area contributed by atoms with E-state index in [4.69, 9.17) is 49.0 Å². The third-order valence-corrected chi connectivity index (χ3v) is 7.32. The van der Waals surface area contributed by atoms with Gasteiger partial charge in [0.15, 0.2) is 6.23 Å². The van der Waals surface area contributed by atoms with Crippen molar-refractivity contribution in [1.29, 1.82) is 0 Å². The van der Waals surface area contributed by atoms with E-state index in [9.17, 15) is 19.1 Å². The van der Waals surface area contributed by atoms with E-state index in [1.165, 1.54) is 30.3 Å². The zero-order chi connectivity index (χ0) is 29.8. The first kappa shape index (κ1) is 32.9. The molecule has 2 atom stereocenters. The van der Waals surface area contributed by atoms with Gasteiger partial charge in [0.1, 0.15) is 28.8 Å². The summed E-state index contributed by atoms with van der Waals surface area (Å²) in [5.41, 5.74) is 1.33. The molecule has 1 amide bonds. The smallest absolute Gasteiger partial charge is 0.549 e. The van der Waals surface area contributed by atoms with E-state index in [0.717, 1.165) is 0 Å². The van der Waals surface area contributed by atoms with E-state index < -0.39 is 29.8 Å². The van der Waals surface area contributed by atoms with Crippen LogP contribution >= 0.6 is 34.8 Å². The summed E-state index contributed by atoms with van der Waals surface area (Å²) in [6, 6.07) is 20.0. The number of hydrogen-bond donors (Lipinski definition) is 1. The van der Waals surface area contributed by atoms with Crippen LogP contribution in [-0.4, -0.2) is 24.7 Å². The van der Waals surface area contributed by atoms with E-state index >= 15 is 0 Å². The van der Waals surface area contributed by atoms with Gasteiger partial charge in [0.2, 0.25) is 0 Å². The molecule has 0 bridgehead atoms. The van der Waals surface area contributed by atoms with Crippen LogP contribution in [0.15, 0.2) is 78.9 Å². The fourth-order valence-electron chi connectivity index (χ4n) is 4.47. The van der Waals surface area contributed by atoms with Crippen LogP contribution in [-0.2, 0) is 11.2 Å². The van der Waals surface area contributed by atoms with Gasteiger partial charge in [0.05, 0.1) is 16.7 Å². The second-order valence-corrected chi connectivity index (χ2v) is 10.7. The standard InChI is InChI=1S/C31H23Cl3FNO6.Na/c32-19-6-9-26(24(33)14-19)42-29(13-17-2-1-3-20(35)12-17)36-30(37)18-4-7-21(8-5-18)41-28-16-27-23(15-25(28)34)22(31(38)39)10-11-40-27;/h1-9,12,14-16,22,29H,10-11,13H2,(H,36,37)(H,38,39);/q;+1/p-1. The third kappa shape index (κ3) is 8.35. The number of carbonyl (C=O) groups excluding carboxylic acids is 2. The number of hydrogen-bond acceptors (Lipinski definition) is 6. The summed E-state index contributed by atoms with van der Waals surface area (Å²) in [5, 5.41) is 15.2. The van der Waals surface area contributed by atoms with Crippen molar-refractivity contribution in [2.24, 2.45) is 0 Å². The first-order valence-electron chi connectivity index (χ1n) is 12.8. The molecule has 0 spiro atoms. The van der Waals surface area contributed by atoms with E-state index in [1.807, 2.05) is 0 Å². The maximum atomic E-state index is 13.8. The molecule has 7 nitrogen and oxygen atoms in total. The molecule has 0 aromatic heterocycles. The van der Waals surface area contributed by atoms with Crippen LogP contribution in [0.2, 0.25) is 15.1 Å². The van der Waals surface area contributed by atoms with Gasteiger partial charge in [-0.2, -0.15) is 0 Å². The topological polar surface area (TPSA) is 96.9 Å². The summed E-state index contributed by atoms with van der Waals surface area (Å²) in [5.74, 6) is -1.60. The first-order valence-corrected chi connectivity index (χ1v) is 13.9. The van der Waals surface area contributed by atoms with Crippen LogP contribution in [0.3, 0.4) is 0 Å². The van der Waals surface area contributed by atoms with Crippen molar-refractivity contribution < 1.29 is 62.9 Å². The largest absolute Gasteiger partial charge is 1.00 e. The van der Waals surface area contributed by atoms with Gasteiger partial charge in [0, 0.05) is 40.5 Å². The molecule has 43 heavy (non-hydrogen) atoms. The molecule has 1 heterocycles. The van der Waals surface area contributed by atoms with Crippen molar-refractivity contribution in [2.45, 2.75) is 25.0 Å². The Morgan fingerprint density at radius 3 is 2.42 bits per heavy atom. The second kappa shape index (κ2) is 14.7. The second-order valence-electron chi connectivity index (χ2n) is 9.44. The molecule has 12 heteroatoms. The van der Waals surface area contributed by atoms with E-state index in [0.29, 0.717) is 39.0 Å². The molecule has 0 saturated carbocycles. The molecule has 5 rings (SSSR count). The number of benzene rings is 4. The van der Waals surface area contributed by atoms with Crippen molar-refractivity contribution in [3.05, 3.63) is 116 Å². The number of carboxylic acids is 1. The fraction of sp³-hybridized carbons (Fsp3) is 0.161.